The molecule has 1 unspecified atom stereocenters. The number of likely N-dealkylation sites (tertiary alicyclic amines) is 1. The van der Waals surface area contributed by atoms with Gasteiger partial charge >= 0.3 is 0 Å². The van der Waals surface area contributed by atoms with Gasteiger partial charge in [-0.2, -0.15) is 0 Å². The summed E-state index contributed by atoms with van der Waals surface area (Å²) < 4.78 is 5.48. The molecule has 1 saturated carbocycles. The number of aliphatic hydroxyl groups is 2. The van der Waals surface area contributed by atoms with E-state index in [-0.39, 0.29) is 12.1 Å². The van der Waals surface area contributed by atoms with E-state index in [1.54, 1.807) is 7.11 Å². The average molecular weight is 346 g/mol. The Kier molecular flexibility index (Phi) is 4.11. The van der Waals surface area contributed by atoms with Gasteiger partial charge in [0.05, 0.1) is 18.8 Å². The largest absolute Gasteiger partial charge is 0.497 e. The first-order valence-corrected chi connectivity index (χ1v) is 9.40. The van der Waals surface area contributed by atoms with E-state index >= 15 is 0 Å². The third kappa shape index (κ3) is 2.29. The Balaban J connectivity index is 1.93. The third-order valence-electron chi connectivity index (χ3n) is 7.20. The van der Waals surface area contributed by atoms with Crippen LogP contribution in [0.2, 0.25) is 0 Å². The minimum atomic E-state index is -0.843. The maximum Gasteiger partial charge on any atom is 0.119 e. The van der Waals surface area contributed by atoms with Gasteiger partial charge in [0.25, 0.3) is 0 Å². The minimum absolute atomic E-state index is 0.0701. The second kappa shape index (κ2) is 5.95. The van der Waals surface area contributed by atoms with E-state index in [9.17, 15) is 10.2 Å². The molecule has 1 aliphatic heterocycles. The summed E-state index contributed by atoms with van der Waals surface area (Å²) in [6, 6.07) is 6.28. The van der Waals surface area contributed by atoms with Crippen LogP contribution in [0.5, 0.6) is 5.75 Å². The zero-order chi connectivity index (χ0) is 17.8. The van der Waals surface area contributed by atoms with Crippen molar-refractivity contribution in [3.63, 3.8) is 0 Å². The van der Waals surface area contributed by atoms with Gasteiger partial charge < -0.3 is 25.2 Å². The maximum atomic E-state index is 12.1. The molecule has 3 N–H and O–H groups in total. The molecule has 1 aromatic rings. The highest BCUT2D eigenvalue weighted by Gasteiger charge is 2.64. The molecule has 5 atom stereocenters. The second-order valence-electron chi connectivity index (χ2n) is 8.20. The Morgan fingerprint density at radius 1 is 1.32 bits per heavy atom. The van der Waals surface area contributed by atoms with Gasteiger partial charge in [-0.25, -0.2) is 0 Å². The van der Waals surface area contributed by atoms with Gasteiger partial charge in [0, 0.05) is 17.5 Å². The first-order chi connectivity index (χ1) is 11.9. The number of likely N-dealkylation sites (N-methyl/N-ethyl adjacent to an activating group) is 2. The summed E-state index contributed by atoms with van der Waals surface area (Å²) in [7, 11) is 5.69. The Bertz CT molecular complexity index is 666. The van der Waals surface area contributed by atoms with E-state index in [0.717, 1.165) is 31.6 Å². The van der Waals surface area contributed by atoms with E-state index in [1.807, 2.05) is 13.1 Å². The van der Waals surface area contributed by atoms with Gasteiger partial charge in [0.2, 0.25) is 0 Å². The van der Waals surface area contributed by atoms with Crippen LogP contribution in [0.1, 0.15) is 36.8 Å². The zero-order valence-corrected chi connectivity index (χ0v) is 15.5. The van der Waals surface area contributed by atoms with Crippen LogP contribution in [-0.2, 0) is 11.8 Å². The van der Waals surface area contributed by atoms with E-state index in [4.69, 9.17) is 4.74 Å². The normalized spacial score (nSPS) is 40.8. The number of aliphatic hydroxyl groups excluding tert-OH is 1. The quantitative estimate of drug-likeness (QED) is 0.747. The van der Waals surface area contributed by atoms with Crippen molar-refractivity contribution in [1.29, 1.82) is 0 Å². The van der Waals surface area contributed by atoms with Gasteiger partial charge in [-0.05, 0) is 76.0 Å². The molecule has 5 heteroatoms. The Morgan fingerprint density at radius 2 is 2.12 bits per heavy atom. The van der Waals surface area contributed by atoms with Crippen LogP contribution in [0.3, 0.4) is 0 Å². The number of fused-ring (bicyclic) bond motifs is 1. The summed E-state index contributed by atoms with van der Waals surface area (Å²) in [6.45, 7) is 0.986. The topological polar surface area (TPSA) is 65.0 Å². The Labute approximate surface area is 150 Å². The monoisotopic (exact) mass is 346 g/mol. The molecule has 2 fully saturated rings. The number of hydrogen-bond acceptors (Lipinski definition) is 5. The lowest BCUT2D eigenvalue weighted by Crippen LogP contribution is -2.71. The highest BCUT2D eigenvalue weighted by atomic mass is 16.5. The van der Waals surface area contributed by atoms with Crippen LogP contribution in [0.25, 0.3) is 0 Å². The maximum absolute atomic E-state index is 12.1. The van der Waals surface area contributed by atoms with E-state index < -0.39 is 17.1 Å². The number of nitrogens with zero attached hydrogens (tertiary/aromatic N) is 1. The zero-order valence-electron chi connectivity index (χ0n) is 15.5. The van der Waals surface area contributed by atoms with Gasteiger partial charge in [0.1, 0.15) is 5.75 Å². The third-order valence-corrected chi connectivity index (χ3v) is 7.20. The second-order valence-corrected chi connectivity index (χ2v) is 8.20. The summed E-state index contributed by atoms with van der Waals surface area (Å²) in [6.07, 6.45) is 3.50. The van der Waals surface area contributed by atoms with Crippen LogP contribution in [0.4, 0.5) is 0 Å². The van der Waals surface area contributed by atoms with Crippen molar-refractivity contribution in [2.75, 3.05) is 27.7 Å². The lowest BCUT2D eigenvalue weighted by molar-refractivity contribution is -0.152. The minimum Gasteiger partial charge on any atom is -0.497 e. The van der Waals surface area contributed by atoms with Crippen LogP contribution in [-0.4, -0.2) is 66.7 Å². The number of methoxy groups -OCH3 is 1. The van der Waals surface area contributed by atoms with Crippen molar-refractivity contribution in [3.05, 3.63) is 29.3 Å². The SMILES string of the molecule is CN[C@H]1C[C@@]2(O)[C@H]3Cc4ccc(OC)cc4[C@@]2(CCCN3C)CC1O. The van der Waals surface area contributed by atoms with Crippen LogP contribution < -0.4 is 10.1 Å². The lowest BCUT2D eigenvalue weighted by atomic mass is 9.50. The van der Waals surface area contributed by atoms with Crippen molar-refractivity contribution in [2.24, 2.45) is 0 Å². The highest BCUT2D eigenvalue weighted by Crippen LogP contribution is 2.57. The van der Waals surface area contributed by atoms with Gasteiger partial charge in [0.15, 0.2) is 0 Å². The van der Waals surface area contributed by atoms with E-state index in [2.05, 4.69) is 29.4 Å². The van der Waals surface area contributed by atoms with Crippen molar-refractivity contribution >= 4 is 0 Å². The predicted molar refractivity (Wildman–Crippen MR) is 97.1 cm³/mol. The van der Waals surface area contributed by atoms with Crippen LogP contribution in [0, 0.1) is 0 Å². The van der Waals surface area contributed by atoms with Gasteiger partial charge in [-0.15, -0.1) is 0 Å². The van der Waals surface area contributed by atoms with Crippen LogP contribution in [0.15, 0.2) is 18.2 Å². The number of benzene rings is 1. The van der Waals surface area contributed by atoms with E-state index in [0.29, 0.717) is 12.8 Å². The molecule has 2 aliphatic carbocycles. The molecule has 25 heavy (non-hydrogen) atoms. The number of nitrogens with one attached hydrogen (secondary N) is 1. The summed E-state index contributed by atoms with van der Waals surface area (Å²) in [5, 5.41) is 26.2. The molecular weight excluding hydrogens is 316 g/mol. The summed E-state index contributed by atoms with van der Waals surface area (Å²) in [5.74, 6) is 0.830. The molecule has 0 radical (unpaired) electrons. The molecule has 1 saturated heterocycles. The fourth-order valence-corrected chi connectivity index (χ4v) is 5.88. The highest BCUT2D eigenvalue weighted by molar-refractivity contribution is 5.48. The van der Waals surface area contributed by atoms with E-state index in [1.165, 1.54) is 11.1 Å². The molecule has 5 nitrogen and oxygen atoms in total. The standard InChI is InChI=1S/C20H30N2O3/c1-21-16-11-20(24)18-9-13-5-6-14(25-3)10-15(13)19(20,12-17(16)23)7-4-8-22(18)2/h5-6,10,16-18,21,23-24H,4,7-9,11-12H2,1-3H3/t16-,17?,18+,19+,20+/m0/s1. The molecule has 1 heterocycles. The molecule has 138 valence electrons. The average Bonchev–Trinajstić information content (AvgIpc) is 2.66. The molecule has 2 bridgehead atoms. The van der Waals surface area contributed by atoms with Crippen LogP contribution >= 0.6 is 0 Å². The van der Waals surface area contributed by atoms with Crippen molar-refractivity contribution in [1.82, 2.24) is 10.2 Å². The van der Waals surface area contributed by atoms with Crippen molar-refractivity contribution in [3.8, 4) is 5.75 Å². The molecule has 3 aliphatic rings. The first kappa shape index (κ1) is 17.3. The summed E-state index contributed by atoms with van der Waals surface area (Å²) in [5.41, 5.74) is 1.23. The molecule has 4 rings (SSSR count). The molecule has 0 amide bonds. The fraction of sp³-hybridized carbons (Fsp3) is 0.700. The smallest absolute Gasteiger partial charge is 0.119 e. The van der Waals surface area contributed by atoms with Crippen molar-refractivity contribution in [2.45, 2.75) is 61.3 Å². The van der Waals surface area contributed by atoms with Crippen molar-refractivity contribution < 1.29 is 14.9 Å². The molecule has 1 aromatic carbocycles. The molecule has 0 spiro atoms. The summed E-state index contributed by atoms with van der Waals surface area (Å²) in [4.78, 5) is 2.33. The first-order valence-electron chi connectivity index (χ1n) is 9.40. The fourth-order valence-electron chi connectivity index (χ4n) is 5.88. The molecule has 0 aromatic heterocycles. The predicted octanol–water partition coefficient (Wildman–Crippen LogP) is 1.06. The Morgan fingerprint density at radius 3 is 2.84 bits per heavy atom. The number of hydrogen-bond donors (Lipinski definition) is 3. The number of rotatable bonds is 2. The lowest BCUT2D eigenvalue weighted by Gasteiger charge is -2.60. The molecular formula is C20H30N2O3. The van der Waals surface area contributed by atoms with Gasteiger partial charge in [-0.1, -0.05) is 6.07 Å². The summed E-state index contributed by atoms with van der Waals surface area (Å²) >= 11 is 0. The number of ether oxygens (including phenoxy) is 1. The van der Waals surface area contributed by atoms with Gasteiger partial charge in [-0.3, -0.25) is 0 Å². The Hall–Kier alpha value is -1.14.